The summed E-state index contributed by atoms with van der Waals surface area (Å²) in [6.45, 7) is 3.50. The van der Waals surface area contributed by atoms with E-state index in [4.69, 9.17) is 0 Å². The summed E-state index contributed by atoms with van der Waals surface area (Å²) >= 11 is 0. The van der Waals surface area contributed by atoms with Crippen LogP contribution >= 0.6 is 0 Å². The molecule has 118 valence electrons. The van der Waals surface area contributed by atoms with Crippen molar-refractivity contribution in [2.24, 2.45) is 5.92 Å². The number of rotatable bonds is 5. The first-order chi connectivity index (χ1) is 10.6. The standard InChI is InChI=1S/C16H19F2N3O/c1-3-5-10(11(17)4-2)13-8-12(18)16-19-15(20-21(13)16)14(22)9-6-7-9/h4-5,9,12-13H,3,6-8H2,1-2H3/b10-5+,11-4+. The average molecular weight is 307 g/mol. The molecule has 22 heavy (non-hydrogen) atoms. The van der Waals surface area contributed by atoms with Gasteiger partial charge in [-0.3, -0.25) is 4.79 Å². The van der Waals surface area contributed by atoms with Crippen LogP contribution in [-0.2, 0) is 0 Å². The highest BCUT2D eigenvalue weighted by Gasteiger charge is 2.40. The van der Waals surface area contributed by atoms with Crippen LogP contribution in [0.4, 0.5) is 8.78 Å². The summed E-state index contributed by atoms with van der Waals surface area (Å²) in [5.74, 6) is -0.308. The number of nitrogens with zero attached hydrogens (tertiary/aromatic N) is 3. The molecule has 1 fully saturated rings. The Labute approximate surface area is 127 Å². The highest BCUT2D eigenvalue weighted by Crippen LogP contribution is 2.42. The third kappa shape index (κ3) is 2.51. The van der Waals surface area contributed by atoms with Crippen molar-refractivity contribution in [2.45, 2.75) is 51.7 Å². The van der Waals surface area contributed by atoms with Gasteiger partial charge < -0.3 is 0 Å². The third-order valence-electron chi connectivity index (χ3n) is 4.14. The molecule has 2 atom stereocenters. The number of fused-ring (bicyclic) bond motifs is 1. The summed E-state index contributed by atoms with van der Waals surface area (Å²) in [4.78, 5) is 16.1. The molecule has 2 unspecified atom stereocenters. The summed E-state index contributed by atoms with van der Waals surface area (Å²) < 4.78 is 29.7. The first-order valence-electron chi connectivity index (χ1n) is 7.73. The van der Waals surface area contributed by atoms with E-state index in [2.05, 4.69) is 10.1 Å². The topological polar surface area (TPSA) is 47.8 Å². The molecule has 0 saturated heterocycles. The monoisotopic (exact) mass is 307 g/mol. The molecule has 0 bridgehead atoms. The van der Waals surface area contributed by atoms with Crippen molar-refractivity contribution < 1.29 is 13.6 Å². The fourth-order valence-electron chi connectivity index (χ4n) is 2.85. The Hall–Kier alpha value is -1.85. The summed E-state index contributed by atoms with van der Waals surface area (Å²) in [5.41, 5.74) is 0.418. The zero-order valence-electron chi connectivity index (χ0n) is 12.7. The number of Topliss-reactive ketones (excluding diaryl/α,β-unsaturated/α-hetero) is 1. The Morgan fingerprint density at radius 3 is 2.77 bits per heavy atom. The van der Waals surface area contributed by atoms with Crippen LogP contribution in [0.3, 0.4) is 0 Å². The molecule has 1 aliphatic heterocycles. The zero-order chi connectivity index (χ0) is 15.9. The number of carbonyl (C=O) groups is 1. The minimum atomic E-state index is -1.32. The van der Waals surface area contributed by atoms with Gasteiger partial charge in [-0.05, 0) is 26.2 Å². The van der Waals surface area contributed by atoms with E-state index in [0.717, 1.165) is 12.8 Å². The molecule has 0 radical (unpaired) electrons. The van der Waals surface area contributed by atoms with Crippen LogP contribution in [0.25, 0.3) is 0 Å². The van der Waals surface area contributed by atoms with Crippen molar-refractivity contribution in [2.75, 3.05) is 0 Å². The number of hydrogen-bond donors (Lipinski definition) is 0. The molecular weight excluding hydrogens is 288 g/mol. The minimum absolute atomic E-state index is 0.0161. The summed E-state index contributed by atoms with van der Waals surface area (Å²) in [6, 6.07) is -0.533. The molecule has 0 N–H and O–H groups in total. The number of alkyl halides is 1. The predicted molar refractivity (Wildman–Crippen MR) is 77.8 cm³/mol. The number of carbonyl (C=O) groups excluding carboxylic acids is 1. The van der Waals surface area contributed by atoms with Crippen LogP contribution in [0.15, 0.2) is 23.6 Å². The van der Waals surface area contributed by atoms with Crippen LogP contribution in [0, 0.1) is 5.92 Å². The first-order valence-corrected chi connectivity index (χ1v) is 7.73. The van der Waals surface area contributed by atoms with E-state index in [-0.39, 0.29) is 35.6 Å². The lowest BCUT2D eigenvalue weighted by molar-refractivity contribution is 0.0956. The highest BCUT2D eigenvalue weighted by atomic mass is 19.1. The molecule has 0 amide bonds. The Kier molecular flexibility index (Phi) is 3.93. The molecule has 2 aliphatic rings. The van der Waals surface area contributed by atoms with E-state index in [1.165, 1.54) is 10.8 Å². The third-order valence-corrected chi connectivity index (χ3v) is 4.14. The maximum atomic E-state index is 14.2. The largest absolute Gasteiger partial charge is 0.290 e. The maximum absolute atomic E-state index is 14.2. The van der Waals surface area contributed by atoms with Crippen LogP contribution in [0.1, 0.15) is 68.2 Å². The Bertz CT molecular complexity index is 658. The normalized spacial score (nSPS) is 25.5. The van der Waals surface area contributed by atoms with E-state index in [0.29, 0.717) is 12.0 Å². The van der Waals surface area contributed by atoms with E-state index < -0.39 is 12.2 Å². The molecule has 0 spiro atoms. The van der Waals surface area contributed by atoms with Gasteiger partial charge in [0.2, 0.25) is 11.6 Å². The van der Waals surface area contributed by atoms with Crippen LogP contribution in [-0.4, -0.2) is 20.5 Å². The predicted octanol–water partition coefficient (Wildman–Crippen LogP) is 4.04. The molecule has 2 heterocycles. The number of halogens is 2. The van der Waals surface area contributed by atoms with Crippen molar-refractivity contribution >= 4 is 5.78 Å². The van der Waals surface area contributed by atoms with Crippen LogP contribution in [0.5, 0.6) is 0 Å². The average Bonchev–Trinajstić information content (AvgIpc) is 3.19. The second kappa shape index (κ2) is 5.74. The summed E-state index contributed by atoms with van der Waals surface area (Å²) in [6.07, 6.45) is 4.23. The number of allylic oxidation sites excluding steroid dienone is 4. The van der Waals surface area contributed by atoms with Gasteiger partial charge in [0.15, 0.2) is 12.0 Å². The van der Waals surface area contributed by atoms with Gasteiger partial charge in [-0.15, -0.1) is 5.10 Å². The van der Waals surface area contributed by atoms with Gasteiger partial charge in [0.05, 0.1) is 6.04 Å². The van der Waals surface area contributed by atoms with Gasteiger partial charge in [-0.25, -0.2) is 18.4 Å². The lowest BCUT2D eigenvalue weighted by Gasteiger charge is -2.14. The quantitative estimate of drug-likeness (QED) is 0.609. The van der Waals surface area contributed by atoms with E-state index in [1.54, 1.807) is 13.0 Å². The van der Waals surface area contributed by atoms with Gasteiger partial charge >= 0.3 is 0 Å². The lowest BCUT2D eigenvalue weighted by Crippen LogP contribution is -2.12. The molecule has 0 aromatic carbocycles. The van der Waals surface area contributed by atoms with E-state index >= 15 is 0 Å². The molecule has 4 nitrogen and oxygen atoms in total. The van der Waals surface area contributed by atoms with Crippen molar-refractivity contribution in [3.63, 3.8) is 0 Å². The van der Waals surface area contributed by atoms with Crippen LogP contribution < -0.4 is 0 Å². The van der Waals surface area contributed by atoms with Gasteiger partial charge in [-0.1, -0.05) is 19.1 Å². The highest BCUT2D eigenvalue weighted by molar-refractivity contribution is 5.95. The minimum Gasteiger partial charge on any atom is -0.290 e. The van der Waals surface area contributed by atoms with Crippen molar-refractivity contribution in [3.8, 4) is 0 Å². The fraction of sp³-hybridized carbons (Fsp3) is 0.562. The Balaban J connectivity index is 1.97. The number of ketones is 1. The Morgan fingerprint density at radius 2 is 2.18 bits per heavy atom. The van der Waals surface area contributed by atoms with Gasteiger partial charge in [0.1, 0.15) is 5.83 Å². The summed E-state index contributed by atoms with van der Waals surface area (Å²) in [5, 5.41) is 4.18. The molecule has 6 heteroatoms. The molecule has 1 aliphatic carbocycles. The molecule has 1 aromatic heterocycles. The second-order valence-electron chi connectivity index (χ2n) is 5.80. The molecular formula is C16H19F2N3O. The lowest BCUT2D eigenvalue weighted by atomic mass is 10.0. The molecule has 1 aromatic rings. The van der Waals surface area contributed by atoms with E-state index in [9.17, 15) is 13.6 Å². The SMILES string of the molecule is C/C=C(F)\C(=C/CC)C1CC(F)c2nc(C(=O)C3CC3)nn21. The number of aromatic nitrogens is 3. The van der Waals surface area contributed by atoms with Crippen molar-refractivity contribution in [1.29, 1.82) is 0 Å². The van der Waals surface area contributed by atoms with Crippen molar-refractivity contribution in [3.05, 3.63) is 35.2 Å². The zero-order valence-corrected chi connectivity index (χ0v) is 12.7. The van der Waals surface area contributed by atoms with Gasteiger partial charge in [0.25, 0.3) is 0 Å². The van der Waals surface area contributed by atoms with E-state index in [1.807, 2.05) is 6.92 Å². The van der Waals surface area contributed by atoms with Crippen molar-refractivity contribution in [1.82, 2.24) is 14.8 Å². The smallest absolute Gasteiger partial charge is 0.217 e. The summed E-state index contributed by atoms with van der Waals surface area (Å²) in [7, 11) is 0. The Morgan fingerprint density at radius 1 is 1.45 bits per heavy atom. The maximum Gasteiger partial charge on any atom is 0.217 e. The number of hydrogen-bond acceptors (Lipinski definition) is 3. The van der Waals surface area contributed by atoms with Gasteiger partial charge in [0, 0.05) is 17.9 Å². The molecule has 1 saturated carbocycles. The molecule has 3 rings (SSSR count). The first kappa shape index (κ1) is 15.1. The van der Waals surface area contributed by atoms with Gasteiger partial charge in [-0.2, -0.15) is 0 Å². The fourth-order valence-corrected chi connectivity index (χ4v) is 2.85. The second-order valence-corrected chi connectivity index (χ2v) is 5.80. The van der Waals surface area contributed by atoms with Crippen LogP contribution in [0.2, 0.25) is 0 Å².